The van der Waals surface area contributed by atoms with Crippen molar-refractivity contribution < 1.29 is 114 Å². The Labute approximate surface area is 338 Å². The Balaban J connectivity index is 0.00000673. The van der Waals surface area contributed by atoms with Gasteiger partial charge in [-0.05, 0) is 23.1 Å². The van der Waals surface area contributed by atoms with Gasteiger partial charge in [0, 0.05) is 20.0 Å². The van der Waals surface area contributed by atoms with Crippen molar-refractivity contribution in [3.8, 4) is 11.1 Å². The molecule has 0 aliphatic carbocycles. The smallest absolute Gasteiger partial charge is 0.544 e. The van der Waals surface area contributed by atoms with Gasteiger partial charge in [0.2, 0.25) is 11.7 Å². The molecule has 2 aromatic carbocycles. The fourth-order valence-corrected chi connectivity index (χ4v) is 6.79. The molecule has 55 heavy (non-hydrogen) atoms. The van der Waals surface area contributed by atoms with E-state index < -0.39 is 117 Å². The van der Waals surface area contributed by atoms with E-state index in [0.29, 0.717) is 0 Å². The van der Waals surface area contributed by atoms with Gasteiger partial charge in [-0.1, -0.05) is 54.6 Å². The maximum atomic E-state index is 12.6. The number of amides is 1. The van der Waals surface area contributed by atoms with Crippen molar-refractivity contribution in [1.29, 1.82) is 0 Å². The second-order valence-electron chi connectivity index (χ2n) is 13.6. The predicted octanol–water partition coefficient (Wildman–Crippen LogP) is -6.95. The Morgan fingerprint density at radius 3 is 2.25 bits per heavy atom. The molecule has 1 amide bonds. The van der Waals surface area contributed by atoms with Crippen LogP contribution in [0.1, 0.15) is 25.3 Å². The number of carbonyl (C=O) groups excluding carboxylic acids is 2. The molecule has 3 fully saturated rings. The van der Waals surface area contributed by atoms with Crippen LogP contribution in [0, 0.1) is 0 Å². The van der Waals surface area contributed by atoms with Crippen LogP contribution < -0.4 is 40.0 Å². The van der Waals surface area contributed by atoms with Crippen molar-refractivity contribution in [2.45, 2.75) is 112 Å². The van der Waals surface area contributed by atoms with Gasteiger partial charge >= 0.3 is 29.6 Å². The Bertz CT molecular complexity index is 1510. The Hall–Kier alpha value is -2.18. The van der Waals surface area contributed by atoms with Crippen molar-refractivity contribution in [1.82, 2.24) is 5.32 Å². The first-order chi connectivity index (χ1) is 25.8. The monoisotopic (exact) mass is 789 g/mol. The van der Waals surface area contributed by atoms with Gasteiger partial charge in [-0.3, -0.25) is 4.79 Å². The zero-order valence-corrected chi connectivity index (χ0v) is 32.4. The molecule has 9 N–H and O–H groups in total. The maximum Gasteiger partial charge on any atom is 1.00 e. The molecule has 14 atom stereocenters. The van der Waals surface area contributed by atoms with Crippen LogP contribution in [0.4, 0.5) is 0 Å². The summed E-state index contributed by atoms with van der Waals surface area (Å²) in [5.74, 6) is -5.91. The number of hydrogen-bond donors (Lipinski definition) is 9. The van der Waals surface area contributed by atoms with E-state index >= 15 is 0 Å². The molecule has 0 spiro atoms. The Morgan fingerprint density at radius 1 is 0.964 bits per heavy atom. The number of aliphatic hydroxyl groups is 8. The number of carboxylic acids is 1. The number of hydrogen-bond acceptors (Lipinski definition) is 17. The molecule has 19 heteroatoms. The standard InChI is InChI=1S/C36H49NO17.Na/c1-18(40)37-27-22(41)13-36(35(47)48,53-32(27)28(43)23(42)14-38)54-33-30(45)25(15-39)52-34(31(33)46)51-24-11-12-50-26(29(24)44)17-49-16-19-7-9-21(10-8-19)20-5-3-2-4-6-20;/h2-10,22-34,38-39,41-46H,11-17H2,1H3,(H,37,40)(H,47,48);/q;+1/p-1/t22-,23+,24+,25+,26+,27+,28-,29+,30-,31+,32+,33-,34+,36-;/m0./s1. The van der Waals surface area contributed by atoms with E-state index in [9.17, 15) is 55.5 Å². The van der Waals surface area contributed by atoms with E-state index in [2.05, 4.69) is 5.32 Å². The van der Waals surface area contributed by atoms with E-state index in [4.69, 9.17) is 28.4 Å². The van der Waals surface area contributed by atoms with Crippen molar-refractivity contribution >= 4 is 11.9 Å². The first-order valence-electron chi connectivity index (χ1n) is 17.6. The molecule has 0 aromatic heterocycles. The third-order valence-electron chi connectivity index (χ3n) is 9.74. The molecule has 2 aromatic rings. The molecule has 300 valence electrons. The fraction of sp³-hybridized carbons (Fsp3) is 0.611. The number of nitrogens with one attached hydrogen (secondary N) is 1. The van der Waals surface area contributed by atoms with Crippen LogP contribution >= 0.6 is 0 Å². The Kier molecular flexibility index (Phi) is 17.0. The van der Waals surface area contributed by atoms with Crippen molar-refractivity contribution in [2.75, 3.05) is 26.4 Å². The van der Waals surface area contributed by atoms with Gasteiger partial charge in [0.25, 0.3) is 0 Å². The number of rotatable bonds is 15. The molecule has 3 heterocycles. The quantitative estimate of drug-likeness (QED) is 0.0758. The minimum atomic E-state index is -3.05. The van der Waals surface area contributed by atoms with Gasteiger partial charge < -0.3 is 84.5 Å². The minimum absolute atomic E-state index is 0. The molecule has 3 aliphatic rings. The summed E-state index contributed by atoms with van der Waals surface area (Å²) < 4.78 is 34.3. The average molecular weight is 790 g/mol. The summed E-state index contributed by atoms with van der Waals surface area (Å²) in [7, 11) is 0. The van der Waals surface area contributed by atoms with Gasteiger partial charge in [0.1, 0.15) is 60.9 Å². The average Bonchev–Trinajstić information content (AvgIpc) is 3.16. The van der Waals surface area contributed by atoms with Crippen molar-refractivity contribution in [3.05, 3.63) is 60.2 Å². The van der Waals surface area contributed by atoms with E-state index in [1.54, 1.807) is 0 Å². The topological polar surface area (TPSA) is 286 Å². The number of benzene rings is 2. The summed E-state index contributed by atoms with van der Waals surface area (Å²) in [5, 5.41) is 99.6. The molecule has 0 saturated carbocycles. The normalized spacial score (nSPS) is 34.9. The summed E-state index contributed by atoms with van der Waals surface area (Å²) in [4.78, 5) is 24.5. The third-order valence-corrected chi connectivity index (χ3v) is 9.74. The van der Waals surface area contributed by atoms with Gasteiger partial charge in [-0.2, -0.15) is 0 Å². The van der Waals surface area contributed by atoms with Crippen LogP contribution in [0.25, 0.3) is 11.1 Å². The minimum Gasteiger partial charge on any atom is -0.544 e. The fourth-order valence-electron chi connectivity index (χ4n) is 6.79. The van der Waals surface area contributed by atoms with E-state index in [1.807, 2.05) is 54.6 Å². The van der Waals surface area contributed by atoms with E-state index in [1.165, 1.54) is 0 Å². The Morgan fingerprint density at radius 2 is 1.64 bits per heavy atom. The number of aliphatic carboxylic acids is 1. The molecule has 0 bridgehead atoms. The van der Waals surface area contributed by atoms with Gasteiger partial charge in [0.05, 0.1) is 44.7 Å². The summed E-state index contributed by atoms with van der Waals surface area (Å²) in [6, 6.07) is 16.1. The second-order valence-corrected chi connectivity index (χ2v) is 13.6. The summed E-state index contributed by atoms with van der Waals surface area (Å²) in [6.45, 7) is -0.545. The molecule has 3 saturated heterocycles. The SMILES string of the molecule is CC(=O)N[C@H]1[C@H]([C@@H](O)[C@H](O)CO)O[C@@](O[C@H]2[C@@H](O)[C@@H](CO)O[C@@H](O[C@@H]3CCO[C@H](COCc4ccc(-c5ccccc5)cc4)[C@@H]3O)[C@@H]2O)(C(=O)[O-])C[C@@H]1O.[Na+]. The second kappa shape index (κ2) is 20.5. The number of carbonyl (C=O) groups is 2. The van der Waals surface area contributed by atoms with Crippen LogP contribution in [0.3, 0.4) is 0 Å². The molecule has 0 radical (unpaired) electrons. The maximum absolute atomic E-state index is 12.6. The molecule has 0 unspecified atom stereocenters. The van der Waals surface area contributed by atoms with Crippen molar-refractivity contribution in [3.63, 3.8) is 0 Å². The zero-order chi connectivity index (χ0) is 39.2. The van der Waals surface area contributed by atoms with Gasteiger partial charge in [0.15, 0.2) is 6.29 Å². The first-order valence-corrected chi connectivity index (χ1v) is 17.6. The third kappa shape index (κ3) is 10.9. The first kappa shape index (κ1) is 45.5. The molecule has 3 aliphatic heterocycles. The van der Waals surface area contributed by atoms with E-state index in [-0.39, 0.29) is 55.8 Å². The van der Waals surface area contributed by atoms with Gasteiger partial charge in [-0.25, -0.2) is 0 Å². The molecule has 18 nitrogen and oxygen atoms in total. The van der Waals surface area contributed by atoms with Crippen LogP contribution in [-0.4, -0.2) is 164 Å². The molecular weight excluding hydrogens is 741 g/mol. The largest absolute Gasteiger partial charge is 1.00 e. The molecule has 5 rings (SSSR count). The number of ether oxygens (including phenoxy) is 6. The predicted molar refractivity (Wildman–Crippen MR) is 179 cm³/mol. The number of aliphatic hydroxyl groups excluding tert-OH is 8. The van der Waals surface area contributed by atoms with Gasteiger partial charge in [-0.15, -0.1) is 0 Å². The summed E-state index contributed by atoms with van der Waals surface area (Å²) in [6.07, 6.45) is -21.1. The van der Waals surface area contributed by atoms with Crippen LogP contribution in [-0.2, 0) is 44.6 Å². The van der Waals surface area contributed by atoms with Crippen LogP contribution in [0.15, 0.2) is 54.6 Å². The van der Waals surface area contributed by atoms with E-state index in [0.717, 1.165) is 23.6 Å². The van der Waals surface area contributed by atoms with Crippen LogP contribution in [0.2, 0.25) is 0 Å². The van der Waals surface area contributed by atoms with Crippen LogP contribution in [0.5, 0.6) is 0 Å². The van der Waals surface area contributed by atoms with Crippen molar-refractivity contribution in [2.24, 2.45) is 0 Å². The zero-order valence-electron chi connectivity index (χ0n) is 30.4. The number of carboxylic acid groups (broad SMARTS) is 1. The molecular formula is C36H48NNaO17. The summed E-state index contributed by atoms with van der Waals surface area (Å²) in [5.41, 5.74) is 2.99. The summed E-state index contributed by atoms with van der Waals surface area (Å²) >= 11 is 0.